The van der Waals surface area contributed by atoms with Crippen molar-refractivity contribution in [2.24, 2.45) is 0 Å². The maximum absolute atomic E-state index is 3.96. The van der Waals surface area contributed by atoms with Crippen LogP contribution in [-0.2, 0) is 25.7 Å². The average molecular weight is 197 g/mol. The first kappa shape index (κ1) is 9.08. The second kappa shape index (κ2) is 3.16. The van der Waals surface area contributed by atoms with Gasteiger partial charge in [0.25, 0.3) is 0 Å². The maximum Gasteiger partial charge on any atom is 0.159 e. The minimum atomic E-state index is 1.06. The summed E-state index contributed by atoms with van der Waals surface area (Å²) < 4.78 is 0. The molecule has 0 fully saturated rings. The van der Waals surface area contributed by atoms with Gasteiger partial charge in [-0.1, -0.05) is 12.6 Å². The normalized spacial score (nSPS) is 16.5. The smallest absolute Gasteiger partial charge is 0.159 e. The van der Waals surface area contributed by atoms with E-state index < -0.39 is 0 Å². The van der Waals surface area contributed by atoms with Crippen LogP contribution in [0.5, 0.6) is 0 Å². The first-order valence-electron chi connectivity index (χ1n) is 5.85. The Kier molecular flexibility index (Phi) is 1.91. The summed E-state index contributed by atoms with van der Waals surface area (Å²) in [5.74, 6) is 0. The Morgan fingerprint density at radius 3 is 2.53 bits per heavy atom. The third kappa shape index (κ3) is 1.31. The fraction of sp³-hybridized carbons (Fsp3) is 0.385. The fourth-order valence-corrected chi connectivity index (χ4v) is 2.81. The number of hydrogen-bond acceptors (Lipinski definition) is 1. The van der Waals surface area contributed by atoms with Crippen molar-refractivity contribution in [3.63, 3.8) is 0 Å². The number of anilines is 1. The van der Waals surface area contributed by atoms with Crippen LogP contribution in [0.15, 0.2) is 18.2 Å². The van der Waals surface area contributed by atoms with Crippen LogP contribution in [-0.4, -0.2) is 7.85 Å². The summed E-state index contributed by atoms with van der Waals surface area (Å²) in [7, 11) is 2.04. The van der Waals surface area contributed by atoms with Crippen molar-refractivity contribution in [1.82, 2.24) is 0 Å². The van der Waals surface area contributed by atoms with E-state index in [2.05, 4.69) is 18.0 Å². The van der Waals surface area contributed by atoms with E-state index in [0.717, 1.165) is 5.60 Å². The van der Waals surface area contributed by atoms with Crippen molar-refractivity contribution in [2.75, 3.05) is 5.32 Å². The lowest BCUT2D eigenvalue weighted by Gasteiger charge is -2.26. The Hall–Kier alpha value is -1.18. The average Bonchev–Trinajstić information content (AvgIpc) is 2.57. The van der Waals surface area contributed by atoms with Gasteiger partial charge in [-0.15, -0.1) is 0 Å². The molecular formula is C13H16BN. The molecule has 0 radical (unpaired) electrons. The van der Waals surface area contributed by atoms with Gasteiger partial charge in [-0.25, -0.2) is 0 Å². The van der Waals surface area contributed by atoms with Gasteiger partial charge in [-0.3, -0.25) is 0 Å². The van der Waals surface area contributed by atoms with E-state index in [-0.39, 0.29) is 0 Å². The van der Waals surface area contributed by atoms with Gasteiger partial charge in [0.15, 0.2) is 7.85 Å². The number of aryl methyl sites for hydroxylation is 2. The lowest BCUT2D eigenvalue weighted by molar-refractivity contribution is 0.836. The van der Waals surface area contributed by atoms with E-state index in [9.17, 15) is 0 Å². The summed E-state index contributed by atoms with van der Waals surface area (Å²) in [5, 5.41) is 3.47. The Morgan fingerprint density at radius 1 is 1.13 bits per heavy atom. The van der Waals surface area contributed by atoms with E-state index in [4.69, 9.17) is 0 Å². The predicted octanol–water partition coefficient (Wildman–Crippen LogP) is 1.79. The van der Waals surface area contributed by atoms with Crippen LogP contribution in [0.1, 0.15) is 28.7 Å². The van der Waals surface area contributed by atoms with Gasteiger partial charge in [-0.05, 0) is 60.0 Å². The van der Waals surface area contributed by atoms with E-state index in [1.54, 1.807) is 22.3 Å². The van der Waals surface area contributed by atoms with Gasteiger partial charge >= 0.3 is 0 Å². The van der Waals surface area contributed by atoms with Crippen LogP contribution < -0.4 is 5.32 Å². The molecule has 1 aromatic carbocycles. The molecule has 0 saturated heterocycles. The molecule has 0 aliphatic heterocycles. The largest absolute Gasteiger partial charge is 0.368 e. The molecule has 2 aliphatic rings. The summed E-state index contributed by atoms with van der Waals surface area (Å²) in [6.45, 7) is 3.96. The van der Waals surface area contributed by atoms with Crippen LogP contribution in [0, 0.1) is 0 Å². The van der Waals surface area contributed by atoms with Gasteiger partial charge in [0.05, 0.1) is 0 Å². The summed E-state index contributed by atoms with van der Waals surface area (Å²) >= 11 is 0. The van der Waals surface area contributed by atoms with Crippen LogP contribution in [0.4, 0.5) is 5.69 Å². The highest BCUT2D eigenvalue weighted by Gasteiger charge is 2.25. The van der Waals surface area contributed by atoms with E-state index >= 15 is 0 Å². The molecular weight excluding hydrogens is 181 g/mol. The molecule has 0 amide bonds. The highest BCUT2D eigenvalue weighted by molar-refractivity contribution is 6.22. The van der Waals surface area contributed by atoms with E-state index in [0.29, 0.717) is 0 Å². The zero-order valence-electron chi connectivity index (χ0n) is 9.32. The molecule has 0 heterocycles. The molecule has 0 aromatic heterocycles. The number of hydrogen-bond donors (Lipinski definition) is 1. The van der Waals surface area contributed by atoms with Crippen LogP contribution in [0.2, 0.25) is 0 Å². The fourth-order valence-electron chi connectivity index (χ4n) is 2.81. The second-order valence-corrected chi connectivity index (χ2v) is 4.79. The zero-order valence-corrected chi connectivity index (χ0v) is 9.32. The summed E-state index contributed by atoms with van der Waals surface area (Å²) in [6.07, 6.45) is 6.36. The standard InChI is InChI=1S/C13H16BN/c1-8(14)15-13-11-4-2-3-9(11)7-10-5-6-12(10)13/h7,15H,1-6,14H2. The second-order valence-electron chi connectivity index (χ2n) is 4.79. The molecule has 0 spiro atoms. The maximum atomic E-state index is 3.96. The Balaban J connectivity index is 2.14. The van der Waals surface area contributed by atoms with Crippen LogP contribution in [0.3, 0.4) is 0 Å². The number of rotatable bonds is 2. The van der Waals surface area contributed by atoms with E-state index in [1.165, 1.54) is 37.8 Å². The van der Waals surface area contributed by atoms with Crippen LogP contribution >= 0.6 is 0 Å². The molecule has 0 saturated carbocycles. The van der Waals surface area contributed by atoms with Gasteiger partial charge in [0, 0.05) is 5.69 Å². The number of benzene rings is 1. The van der Waals surface area contributed by atoms with Crippen molar-refractivity contribution in [3.05, 3.63) is 40.5 Å². The van der Waals surface area contributed by atoms with E-state index in [1.807, 2.05) is 7.85 Å². The molecule has 1 N–H and O–H groups in total. The Morgan fingerprint density at radius 2 is 1.87 bits per heavy atom. The molecule has 76 valence electrons. The van der Waals surface area contributed by atoms with Gasteiger partial charge in [-0.2, -0.15) is 0 Å². The van der Waals surface area contributed by atoms with Crippen molar-refractivity contribution >= 4 is 13.5 Å². The summed E-state index contributed by atoms with van der Waals surface area (Å²) in [4.78, 5) is 0. The zero-order chi connectivity index (χ0) is 10.4. The van der Waals surface area contributed by atoms with Gasteiger partial charge in [0.1, 0.15) is 0 Å². The first-order chi connectivity index (χ1) is 7.25. The predicted molar refractivity (Wildman–Crippen MR) is 67.2 cm³/mol. The third-order valence-corrected chi connectivity index (χ3v) is 3.58. The summed E-state index contributed by atoms with van der Waals surface area (Å²) in [5.41, 5.74) is 8.73. The summed E-state index contributed by atoms with van der Waals surface area (Å²) in [6, 6.07) is 2.44. The Bertz CT molecular complexity index is 448. The molecule has 15 heavy (non-hydrogen) atoms. The molecule has 3 rings (SSSR count). The topological polar surface area (TPSA) is 12.0 Å². The molecule has 2 heteroatoms. The van der Waals surface area contributed by atoms with Gasteiger partial charge in [0.2, 0.25) is 0 Å². The highest BCUT2D eigenvalue weighted by atomic mass is 14.9. The molecule has 0 atom stereocenters. The van der Waals surface area contributed by atoms with Crippen molar-refractivity contribution in [3.8, 4) is 0 Å². The molecule has 0 bridgehead atoms. The Labute approximate surface area is 92.0 Å². The molecule has 1 aromatic rings. The number of fused-ring (bicyclic) bond motifs is 2. The molecule has 0 unspecified atom stereocenters. The SMILES string of the molecule is BC(=C)Nc1c2c(cc3c1CC3)CCC2. The van der Waals surface area contributed by atoms with Crippen molar-refractivity contribution in [2.45, 2.75) is 32.1 Å². The van der Waals surface area contributed by atoms with Crippen molar-refractivity contribution in [1.29, 1.82) is 0 Å². The highest BCUT2D eigenvalue weighted by Crippen LogP contribution is 2.39. The molecule has 1 nitrogen and oxygen atoms in total. The minimum Gasteiger partial charge on any atom is -0.368 e. The minimum absolute atomic E-state index is 1.06. The number of nitrogens with one attached hydrogen (secondary N) is 1. The lowest BCUT2D eigenvalue weighted by Crippen LogP contribution is -2.15. The lowest BCUT2D eigenvalue weighted by atomic mass is 9.83. The first-order valence-corrected chi connectivity index (χ1v) is 5.85. The monoisotopic (exact) mass is 197 g/mol. The quantitative estimate of drug-likeness (QED) is 0.712. The van der Waals surface area contributed by atoms with Gasteiger partial charge < -0.3 is 5.32 Å². The van der Waals surface area contributed by atoms with Crippen molar-refractivity contribution < 1.29 is 0 Å². The molecule has 2 aliphatic carbocycles. The third-order valence-electron chi connectivity index (χ3n) is 3.58. The van der Waals surface area contributed by atoms with Crippen LogP contribution in [0.25, 0.3) is 0 Å².